The minimum absolute atomic E-state index is 0.452. The third-order valence-corrected chi connectivity index (χ3v) is 5.64. The Morgan fingerprint density at radius 1 is 0.696 bits per heavy atom. The molecule has 0 aliphatic carbocycles. The maximum atomic E-state index is 6.27. The highest BCUT2D eigenvalue weighted by atomic mass is 28.4. The van der Waals surface area contributed by atoms with Crippen LogP contribution in [0.25, 0.3) is 0 Å². The van der Waals surface area contributed by atoms with Gasteiger partial charge in [-0.25, -0.2) is 4.57 Å². The summed E-state index contributed by atoms with van der Waals surface area (Å²) in [5.41, 5.74) is 0. The van der Waals surface area contributed by atoms with Crippen molar-refractivity contribution < 1.29 is 17.8 Å². The fourth-order valence-corrected chi connectivity index (χ4v) is 4.85. The average Bonchev–Trinajstić information content (AvgIpc) is 2.49. The summed E-state index contributed by atoms with van der Waals surface area (Å²) in [6, 6.07) is 6.05. The maximum Gasteiger partial charge on any atom is 0.570 e. The smallest absolute Gasteiger partial charge is 0.370 e. The van der Waals surface area contributed by atoms with Gasteiger partial charge in [-0.05, 0) is 17.8 Å². The van der Waals surface area contributed by atoms with Gasteiger partial charge in [0.2, 0.25) is 6.17 Å². The van der Waals surface area contributed by atoms with Gasteiger partial charge in [0, 0.05) is 32.0 Å². The first-order valence-electron chi connectivity index (χ1n) is 8.69. The van der Waals surface area contributed by atoms with Crippen molar-refractivity contribution in [3.63, 3.8) is 0 Å². The lowest BCUT2D eigenvalue weighted by molar-refractivity contribution is -0.685. The molecule has 0 saturated heterocycles. The van der Waals surface area contributed by atoms with E-state index in [0.29, 0.717) is 43.7 Å². The van der Waals surface area contributed by atoms with Crippen molar-refractivity contribution in [2.75, 3.05) is 19.8 Å². The molecule has 132 valence electrons. The summed E-state index contributed by atoms with van der Waals surface area (Å²) in [4.78, 5) is 0. The molecule has 0 spiro atoms. The van der Waals surface area contributed by atoms with Gasteiger partial charge in [-0.1, -0.05) is 47.6 Å². The van der Waals surface area contributed by atoms with Gasteiger partial charge in [0.15, 0.2) is 12.4 Å². The minimum Gasteiger partial charge on any atom is -0.370 e. The molecule has 1 aromatic rings. The summed E-state index contributed by atoms with van der Waals surface area (Å²) in [6.45, 7) is 14.9. The highest BCUT2D eigenvalue weighted by Crippen LogP contribution is 2.16. The van der Waals surface area contributed by atoms with Crippen LogP contribution in [0.3, 0.4) is 0 Å². The van der Waals surface area contributed by atoms with Crippen LogP contribution in [0.5, 0.6) is 0 Å². The van der Waals surface area contributed by atoms with E-state index in [1.807, 2.05) is 30.6 Å². The van der Waals surface area contributed by atoms with Crippen molar-refractivity contribution >= 4 is 8.80 Å². The highest BCUT2D eigenvalue weighted by molar-refractivity contribution is 6.58. The molecule has 23 heavy (non-hydrogen) atoms. The van der Waals surface area contributed by atoms with E-state index in [0.717, 1.165) is 0 Å². The number of nitrogens with zero attached hydrogens (tertiary/aromatic N) is 1. The van der Waals surface area contributed by atoms with Gasteiger partial charge < -0.3 is 13.3 Å². The van der Waals surface area contributed by atoms with Gasteiger partial charge in [-0.15, -0.1) is 0 Å². The van der Waals surface area contributed by atoms with E-state index < -0.39 is 8.80 Å². The van der Waals surface area contributed by atoms with Crippen LogP contribution >= 0.6 is 0 Å². The zero-order valence-corrected chi connectivity index (χ0v) is 16.6. The molecule has 0 amide bonds. The van der Waals surface area contributed by atoms with E-state index in [2.05, 4.69) is 46.1 Å². The van der Waals surface area contributed by atoms with E-state index in [4.69, 9.17) is 13.3 Å². The molecule has 0 saturated carbocycles. The SMILES string of the molecule is CC(C)CO[Si](C[n+]1ccccc1)(OCC(C)C)OCC(C)C. The van der Waals surface area contributed by atoms with Crippen LogP contribution < -0.4 is 4.57 Å². The summed E-state index contributed by atoms with van der Waals surface area (Å²) in [6.07, 6.45) is 4.73. The molecule has 0 radical (unpaired) electrons. The van der Waals surface area contributed by atoms with Gasteiger partial charge in [-0.2, -0.15) is 0 Å². The standard InChI is InChI=1S/C18H34NO3Si/c1-16(2)12-20-23(21-13-17(3)4,22-14-18(5)6)15-19-10-8-7-9-11-19/h7-11,16-18H,12-15H2,1-6H3/q+1. The molecule has 0 N–H and O–H groups in total. The van der Waals surface area contributed by atoms with Crippen LogP contribution in [-0.4, -0.2) is 28.6 Å². The minimum atomic E-state index is -2.76. The summed E-state index contributed by atoms with van der Waals surface area (Å²) in [7, 11) is -2.76. The first-order chi connectivity index (χ1) is 10.8. The largest absolute Gasteiger partial charge is 0.570 e. The number of hydrogen-bond donors (Lipinski definition) is 0. The lowest BCUT2D eigenvalue weighted by Crippen LogP contribution is -2.59. The molecule has 4 nitrogen and oxygen atoms in total. The zero-order valence-electron chi connectivity index (χ0n) is 15.6. The fourth-order valence-electron chi connectivity index (χ4n) is 1.91. The zero-order chi connectivity index (χ0) is 17.3. The third-order valence-electron chi connectivity index (χ3n) is 3.06. The van der Waals surface area contributed by atoms with Gasteiger partial charge in [-0.3, -0.25) is 0 Å². The Bertz CT molecular complexity index is 392. The number of pyridine rings is 1. The van der Waals surface area contributed by atoms with E-state index in [1.54, 1.807) is 0 Å². The summed E-state index contributed by atoms with van der Waals surface area (Å²) >= 11 is 0. The number of hydrogen-bond acceptors (Lipinski definition) is 3. The van der Waals surface area contributed by atoms with Crippen LogP contribution in [0.4, 0.5) is 0 Å². The Morgan fingerprint density at radius 2 is 1.09 bits per heavy atom. The predicted molar refractivity (Wildman–Crippen MR) is 94.8 cm³/mol. The fraction of sp³-hybridized carbons (Fsp3) is 0.722. The molecule has 0 unspecified atom stereocenters. The second-order valence-electron chi connectivity index (χ2n) is 7.35. The van der Waals surface area contributed by atoms with Crippen molar-refractivity contribution in [2.45, 2.75) is 47.7 Å². The normalized spacial score (nSPS) is 12.6. The Morgan fingerprint density at radius 3 is 1.43 bits per heavy atom. The Balaban J connectivity index is 2.93. The van der Waals surface area contributed by atoms with Crippen LogP contribution in [0.2, 0.25) is 0 Å². The topological polar surface area (TPSA) is 31.6 Å². The maximum absolute atomic E-state index is 6.27. The van der Waals surface area contributed by atoms with Crippen LogP contribution in [0.1, 0.15) is 41.5 Å². The van der Waals surface area contributed by atoms with Crippen molar-refractivity contribution in [3.05, 3.63) is 30.6 Å². The second kappa shape index (κ2) is 10.2. The predicted octanol–water partition coefficient (Wildman–Crippen LogP) is 3.47. The number of aromatic nitrogens is 1. The molecule has 0 aliphatic heterocycles. The highest BCUT2D eigenvalue weighted by Gasteiger charge is 2.47. The van der Waals surface area contributed by atoms with Gasteiger partial charge in [0.1, 0.15) is 0 Å². The first-order valence-corrected chi connectivity index (χ1v) is 10.6. The lowest BCUT2D eigenvalue weighted by Gasteiger charge is -2.29. The quantitative estimate of drug-likeness (QED) is 0.457. The molecule has 1 aromatic heterocycles. The third kappa shape index (κ3) is 8.60. The van der Waals surface area contributed by atoms with E-state index in [1.165, 1.54) is 0 Å². The van der Waals surface area contributed by atoms with Gasteiger partial charge >= 0.3 is 8.80 Å². The molecule has 1 heterocycles. The average molecular weight is 341 g/mol. The molecule has 0 atom stereocenters. The van der Waals surface area contributed by atoms with Gasteiger partial charge in [0.25, 0.3) is 0 Å². The monoisotopic (exact) mass is 340 g/mol. The van der Waals surface area contributed by atoms with Gasteiger partial charge in [0.05, 0.1) is 0 Å². The first kappa shape index (κ1) is 20.3. The molecule has 0 bridgehead atoms. The van der Waals surface area contributed by atoms with Crippen molar-refractivity contribution in [1.29, 1.82) is 0 Å². The molecular weight excluding hydrogens is 306 g/mol. The molecule has 5 heteroatoms. The summed E-state index contributed by atoms with van der Waals surface area (Å²) in [5.74, 6) is 1.36. The van der Waals surface area contributed by atoms with Crippen molar-refractivity contribution in [1.82, 2.24) is 0 Å². The summed E-state index contributed by atoms with van der Waals surface area (Å²) < 4.78 is 20.9. The van der Waals surface area contributed by atoms with E-state index >= 15 is 0 Å². The second-order valence-corrected chi connectivity index (χ2v) is 9.89. The molecule has 0 aliphatic rings. The van der Waals surface area contributed by atoms with Crippen molar-refractivity contribution in [2.24, 2.45) is 17.8 Å². The Hall–Kier alpha value is -0.753. The van der Waals surface area contributed by atoms with E-state index in [9.17, 15) is 0 Å². The van der Waals surface area contributed by atoms with Crippen LogP contribution in [0.15, 0.2) is 30.6 Å². The Kier molecular flexibility index (Phi) is 8.98. The van der Waals surface area contributed by atoms with Crippen LogP contribution in [0, 0.1) is 17.8 Å². The lowest BCUT2D eigenvalue weighted by atomic mass is 10.2. The number of rotatable bonds is 11. The van der Waals surface area contributed by atoms with Crippen LogP contribution in [-0.2, 0) is 19.4 Å². The molecule has 0 fully saturated rings. The molecule has 0 aromatic carbocycles. The summed E-state index contributed by atoms with van der Waals surface area (Å²) in [5, 5.41) is 0. The van der Waals surface area contributed by atoms with Crippen molar-refractivity contribution in [3.8, 4) is 0 Å². The molecule has 1 rings (SSSR count). The van der Waals surface area contributed by atoms with E-state index in [-0.39, 0.29) is 0 Å². The molecular formula is C18H34NO3Si+. The Labute approximate surface area is 143 Å².